The van der Waals surface area contributed by atoms with Gasteiger partial charge in [-0.2, -0.15) is 20.1 Å². The maximum atomic E-state index is 9.73. The van der Waals surface area contributed by atoms with E-state index < -0.39 is 0 Å². The van der Waals surface area contributed by atoms with Gasteiger partial charge >= 0.3 is 0 Å². The van der Waals surface area contributed by atoms with E-state index >= 15 is 0 Å². The highest BCUT2D eigenvalue weighted by molar-refractivity contribution is 7.13. The summed E-state index contributed by atoms with van der Waals surface area (Å²) in [5.41, 5.74) is 1.19. The molecule has 3 N–H and O–H groups in total. The summed E-state index contributed by atoms with van der Waals surface area (Å²) in [6, 6.07) is 2.51. The number of terminal acetylenes is 2. The molecule has 0 unspecified atom stereocenters. The van der Waals surface area contributed by atoms with Gasteiger partial charge in [-0.05, 0) is 32.6 Å². The Morgan fingerprint density at radius 2 is 1.82 bits per heavy atom. The fraction of sp³-hybridized carbons (Fsp3) is 0.462. The minimum Gasteiger partial charge on any atom is -0.378 e. The van der Waals surface area contributed by atoms with Crippen molar-refractivity contribution in [2.45, 2.75) is 44.6 Å². The van der Waals surface area contributed by atoms with Crippen LogP contribution in [0, 0.1) is 25.7 Å². The SMILES string of the molecule is C#C.C#C.C[C@H]1CCCN1c1nc(Nc2cc(C3CC3)[nH]n2)nc(N2CCOCC2)n1.O=CNc1nccs1. The molecule has 39 heavy (non-hydrogen) atoms. The van der Waals surface area contributed by atoms with Crippen molar-refractivity contribution in [3.63, 3.8) is 0 Å². The lowest BCUT2D eigenvalue weighted by molar-refractivity contribution is -0.105. The highest BCUT2D eigenvalue weighted by Gasteiger charge is 2.27. The molecule has 2 saturated heterocycles. The van der Waals surface area contributed by atoms with Crippen molar-refractivity contribution >= 4 is 46.5 Å². The number of carbonyl (C=O) groups is 1. The zero-order valence-electron chi connectivity index (χ0n) is 22.0. The van der Waals surface area contributed by atoms with Gasteiger partial charge in [0.25, 0.3) is 0 Å². The van der Waals surface area contributed by atoms with Gasteiger partial charge in [-0.1, -0.05) is 0 Å². The van der Waals surface area contributed by atoms with Crippen LogP contribution < -0.4 is 20.4 Å². The normalized spacial score (nSPS) is 17.8. The number of thiazole rings is 1. The third kappa shape index (κ3) is 8.40. The second kappa shape index (κ2) is 15.3. The number of aromatic amines is 1. The largest absolute Gasteiger partial charge is 0.378 e. The van der Waals surface area contributed by atoms with Crippen LogP contribution in [0.5, 0.6) is 0 Å². The van der Waals surface area contributed by atoms with E-state index in [-0.39, 0.29) is 0 Å². The van der Waals surface area contributed by atoms with Gasteiger partial charge in [-0.3, -0.25) is 9.89 Å². The molecule has 3 aromatic rings. The molecule has 5 heterocycles. The Morgan fingerprint density at radius 3 is 2.44 bits per heavy atom. The molecule has 1 saturated carbocycles. The number of H-pyrrole nitrogens is 1. The van der Waals surface area contributed by atoms with E-state index in [1.54, 1.807) is 11.6 Å². The third-order valence-electron chi connectivity index (χ3n) is 6.19. The second-order valence-electron chi connectivity index (χ2n) is 8.75. The van der Waals surface area contributed by atoms with Crippen LogP contribution >= 0.6 is 11.3 Å². The van der Waals surface area contributed by atoms with E-state index in [0.717, 1.165) is 31.4 Å². The van der Waals surface area contributed by atoms with Crippen molar-refractivity contribution in [1.82, 2.24) is 30.1 Å². The molecule has 1 atom stereocenters. The van der Waals surface area contributed by atoms with Crippen LogP contribution in [0.2, 0.25) is 0 Å². The topological polar surface area (TPSA) is 137 Å². The predicted octanol–water partition coefficient (Wildman–Crippen LogP) is 3.25. The first kappa shape index (κ1) is 29.4. The van der Waals surface area contributed by atoms with Crippen molar-refractivity contribution in [3.05, 3.63) is 23.3 Å². The van der Waals surface area contributed by atoms with E-state index in [1.807, 2.05) is 0 Å². The number of rotatable bonds is 7. The Balaban J connectivity index is 0.000000297. The maximum Gasteiger partial charge on any atom is 0.235 e. The molecule has 0 radical (unpaired) electrons. The third-order valence-corrected chi connectivity index (χ3v) is 6.89. The fourth-order valence-electron chi connectivity index (χ4n) is 4.14. The Hall–Kier alpha value is -4.20. The summed E-state index contributed by atoms with van der Waals surface area (Å²) in [7, 11) is 0. The number of anilines is 5. The molecule has 0 bridgehead atoms. The van der Waals surface area contributed by atoms with Gasteiger partial charge in [0.2, 0.25) is 24.3 Å². The average Bonchev–Trinajstić information content (AvgIpc) is 3.31. The monoisotopic (exact) mass is 550 g/mol. The molecular weight excluding hydrogens is 516 g/mol. The van der Waals surface area contributed by atoms with Crippen molar-refractivity contribution in [3.8, 4) is 25.7 Å². The molecule has 1 amide bonds. The second-order valence-corrected chi connectivity index (χ2v) is 9.64. The minimum absolute atomic E-state index is 0.449. The van der Waals surface area contributed by atoms with Crippen molar-refractivity contribution in [2.24, 2.45) is 0 Å². The summed E-state index contributed by atoms with van der Waals surface area (Å²) in [6.07, 6.45) is 23.1. The maximum absolute atomic E-state index is 9.73. The molecule has 206 valence electrons. The summed E-state index contributed by atoms with van der Waals surface area (Å²) >= 11 is 1.39. The molecule has 13 heteroatoms. The molecule has 0 spiro atoms. The first-order valence-electron chi connectivity index (χ1n) is 12.6. The van der Waals surface area contributed by atoms with Crippen molar-refractivity contribution in [1.29, 1.82) is 0 Å². The van der Waals surface area contributed by atoms with E-state index in [4.69, 9.17) is 14.7 Å². The number of hydrogen-bond donors (Lipinski definition) is 3. The Kier molecular flexibility index (Phi) is 11.5. The van der Waals surface area contributed by atoms with E-state index in [0.29, 0.717) is 48.6 Å². The molecule has 6 rings (SSSR count). The molecule has 2 aliphatic heterocycles. The molecule has 1 aliphatic carbocycles. The standard InChI is InChI=1S/C18H26N8O.C4H4N2OS.2C2H2/c1-12-3-2-6-26(12)18-21-16(19-15-11-14(23-24-15)13-4-5-13)20-17(22-18)25-7-9-27-10-8-25;7-3-6-4-5-1-2-8-4;2*1-2/h11-13H,2-10H2,1H3,(H2,19,20,21,22,23,24);1-3H,(H,5,6,7);2*1-2H/t12-;;;/m0.../s1. The quantitative estimate of drug-likeness (QED) is 0.297. The van der Waals surface area contributed by atoms with Crippen LogP contribution in [0.25, 0.3) is 0 Å². The number of nitrogens with zero attached hydrogens (tertiary/aromatic N) is 7. The number of hydrogen-bond acceptors (Lipinski definition) is 11. The van der Waals surface area contributed by atoms with E-state index in [2.05, 4.69) is 79.3 Å². The molecule has 3 aliphatic rings. The summed E-state index contributed by atoms with van der Waals surface area (Å²) < 4.78 is 5.47. The number of carbonyl (C=O) groups excluding carboxylic acids is 1. The zero-order chi connectivity index (χ0) is 28.0. The summed E-state index contributed by atoms with van der Waals surface area (Å²) in [5.74, 6) is 3.40. The number of aromatic nitrogens is 6. The minimum atomic E-state index is 0.449. The van der Waals surface area contributed by atoms with Crippen LogP contribution in [0.4, 0.5) is 28.8 Å². The van der Waals surface area contributed by atoms with Crippen LogP contribution in [0.3, 0.4) is 0 Å². The molecule has 0 aromatic carbocycles. The lowest BCUT2D eigenvalue weighted by Crippen LogP contribution is -2.38. The fourth-order valence-corrected chi connectivity index (χ4v) is 4.63. The molecule has 3 fully saturated rings. The Morgan fingerprint density at radius 1 is 1.08 bits per heavy atom. The van der Waals surface area contributed by atoms with Crippen molar-refractivity contribution < 1.29 is 9.53 Å². The van der Waals surface area contributed by atoms with Crippen molar-refractivity contribution in [2.75, 3.05) is 53.3 Å². The Bertz CT molecular complexity index is 1180. The lowest BCUT2D eigenvalue weighted by atomic mass is 10.2. The van der Waals surface area contributed by atoms with Crippen LogP contribution in [0.15, 0.2) is 17.6 Å². The zero-order valence-corrected chi connectivity index (χ0v) is 22.8. The van der Waals surface area contributed by atoms with E-state index in [1.165, 1.54) is 42.7 Å². The predicted molar refractivity (Wildman–Crippen MR) is 154 cm³/mol. The van der Waals surface area contributed by atoms with Gasteiger partial charge in [0.1, 0.15) is 0 Å². The van der Waals surface area contributed by atoms with Crippen LogP contribution in [-0.2, 0) is 9.53 Å². The number of morpholine rings is 1. The van der Waals surface area contributed by atoms with Gasteiger partial charge in [0, 0.05) is 54.9 Å². The van der Waals surface area contributed by atoms with Crippen LogP contribution in [0.1, 0.15) is 44.2 Å². The number of ether oxygens (including phenoxy) is 1. The first-order valence-corrected chi connectivity index (χ1v) is 13.5. The van der Waals surface area contributed by atoms with E-state index in [9.17, 15) is 4.79 Å². The molecular formula is C26H34N10O2S. The summed E-state index contributed by atoms with van der Waals surface area (Å²) in [6.45, 7) is 6.22. The summed E-state index contributed by atoms with van der Waals surface area (Å²) in [4.78, 5) is 32.1. The molecule has 12 nitrogen and oxygen atoms in total. The van der Waals surface area contributed by atoms with Gasteiger partial charge < -0.3 is 25.2 Å². The smallest absolute Gasteiger partial charge is 0.235 e. The van der Waals surface area contributed by atoms with Gasteiger partial charge in [-0.25, -0.2) is 4.98 Å². The Labute approximate surface area is 233 Å². The highest BCUT2D eigenvalue weighted by atomic mass is 32.1. The number of nitrogens with one attached hydrogen (secondary N) is 3. The average molecular weight is 551 g/mol. The number of amides is 1. The molecule has 3 aromatic heterocycles. The first-order chi connectivity index (χ1) is 19.2. The lowest BCUT2D eigenvalue weighted by Gasteiger charge is -2.28. The van der Waals surface area contributed by atoms with Gasteiger partial charge in [0.15, 0.2) is 10.9 Å². The summed E-state index contributed by atoms with van der Waals surface area (Å²) in [5, 5.41) is 15.6. The van der Waals surface area contributed by atoms with Gasteiger partial charge in [-0.15, -0.1) is 37.0 Å². The van der Waals surface area contributed by atoms with Gasteiger partial charge in [0.05, 0.1) is 13.2 Å². The van der Waals surface area contributed by atoms with Crippen LogP contribution in [-0.4, -0.2) is 75.4 Å². The highest BCUT2D eigenvalue weighted by Crippen LogP contribution is 2.39.